The second kappa shape index (κ2) is 4.94. The maximum absolute atomic E-state index is 5.53. The minimum atomic E-state index is 0.518. The van der Waals surface area contributed by atoms with Crippen LogP contribution in [0.3, 0.4) is 0 Å². The van der Waals surface area contributed by atoms with E-state index < -0.39 is 0 Å². The molecule has 0 N–H and O–H groups in total. The van der Waals surface area contributed by atoms with E-state index in [2.05, 4.69) is 27.1 Å². The molecule has 0 aliphatic rings. The zero-order chi connectivity index (χ0) is 10.5. The Morgan fingerprint density at radius 3 is 2.73 bits per heavy atom. The van der Waals surface area contributed by atoms with Gasteiger partial charge in [-0.2, -0.15) is 0 Å². The number of pyridine rings is 1. The zero-order valence-electron chi connectivity index (χ0n) is 7.98. The number of hydrogen-bond donors (Lipinski definition) is 0. The molecular weight excluding hydrogens is 254 g/mol. The van der Waals surface area contributed by atoms with Gasteiger partial charge in [0.15, 0.2) is 0 Å². The Labute approximate surface area is 97.1 Å². The van der Waals surface area contributed by atoms with Gasteiger partial charge in [-0.3, -0.25) is 0 Å². The molecule has 1 heterocycles. The van der Waals surface area contributed by atoms with E-state index in [1.54, 1.807) is 6.07 Å². The van der Waals surface area contributed by atoms with E-state index in [4.69, 9.17) is 4.74 Å². The monoisotopic (exact) mass is 262 g/mol. The number of benzene rings is 1. The van der Waals surface area contributed by atoms with Crippen LogP contribution in [0.2, 0.25) is 0 Å². The largest absolute Gasteiger partial charge is 0.472 e. The molecule has 2 rings (SSSR count). The van der Waals surface area contributed by atoms with Crippen molar-refractivity contribution in [2.45, 2.75) is 6.61 Å². The lowest BCUT2D eigenvalue weighted by Crippen LogP contribution is -1.97. The predicted molar refractivity (Wildman–Crippen MR) is 61.5 cm³/mol. The highest BCUT2D eigenvalue weighted by molar-refractivity contribution is 9.10. The molecule has 1 aromatic heterocycles. The highest BCUT2D eigenvalue weighted by Gasteiger charge is 2.01. The number of hydrogen-bond acceptors (Lipinski definition) is 2. The van der Waals surface area contributed by atoms with Gasteiger partial charge in [-0.15, -0.1) is 0 Å². The third-order valence-electron chi connectivity index (χ3n) is 1.89. The lowest BCUT2D eigenvalue weighted by atomic mass is 10.2. The molecule has 0 atom stereocenters. The number of rotatable bonds is 3. The molecule has 3 heteroatoms. The highest BCUT2D eigenvalue weighted by Crippen LogP contribution is 2.21. The van der Waals surface area contributed by atoms with Crippen LogP contribution in [0.25, 0.3) is 0 Å². The van der Waals surface area contributed by atoms with Crippen LogP contribution in [0.5, 0.6) is 5.88 Å². The quantitative estimate of drug-likeness (QED) is 0.848. The van der Waals surface area contributed by atoms with Gasteiger partial charge in [-0.1, -0.05) is 30.3 Å². The molecule has 2 nitrogen and oxygen atoms in total. The van der Waals surface area contributed by atoms with Crippen LogP contribution >= 0.6 is 15.9 Å². The van der Waals surface area contributed by atoms with Crippen molar-refractivity contribution in [1.29, 1.82) is 0 Å². The van der Waals surface area contributed by atoms with Crippen LogP contribution in [0.1, 0.15) is 5.56 Å². The number of ether oxygens (including phenoxy) is 1. The van der Waals surface area contributed by atoms with Crippen molar-refractivity contribution in [3.63, 3.8) is 0 Å². The number of halogens is 1. The third kappa shape index (κ3) is 2.80. The molecular formula is C12H9BrNO. The first kappa shape index (κ1) is 10.2. The van der Waals surface area contributed by atoms with Crippen molar-refractivity contribution in [3.05, 3.63) is 58.7 Å². The molecule has 0 spiro atoms. The Morgan fingerprint density at radius 1 is 1.20 bits per heavy atom. The minimum absolute atomic E-state index is 0.518. The molecule has 0 fully saturated rings. The van der Waals surface area contributed by atoms with Gasteiger partial charge in [0, 0.05) is 0 Å². The lowest BCUT2D eigenvalue weighted by Gasteiger charge is -2.05. The summed E-state index contributed by atoms with van der Waals surface area (Å²) >= 11 is 3.36. The van der Waals surface area contributed by atoms with Crippen LogP contribution in [0.4, 0.5) is 0 Å². The van der Waals surface area contributed by atoms with E-state index >= 15 is 0 Å². The van der Waals surface area contributed by atoms with Gasteiger partial charge in [0.1, 0.15) is 6.61 Å². The van der Waals surface area contributed by atoms with E-state index in [9.17, 15) is 0 Å². The fraction of sp³-hybridized carbons (Fsp3) is 0.0833. The summed E-state index contributed by atoms with van der Waals surface area (Å²) in [5.41, 5.74) is 1.12. The average molecular weight is 263 g/mol. The van der Waals surface area contributed by atoms with Gasteiger partial charge in [0.2, 0.25) is 5.88 Å². The summed E-state index contributed by atoms with van der Waals surface area (Å²) in [5, 5.41) is 0. The standard InChI is InChI=1S/C12H9BrNO/c13-11-7-4-8-14-12(11)15-9-10-5-2-1-3-6-10/h1-7H,9H2. The maximum Gasteiger partial charge on any atom is 0.228 e. The Hall–Kier alpha value is -1.35. The summed E-state index contributed by atoms with van der Waals surface area (Å²) in [6, 6.07) is 13.6. The Kier molecular flexibility index (Phi) is 3.35. The van der Waals surface area contributed by atoms with Crippen molar-refractivity contribution in [2.24, 2.45) is 0 Å². The van der Waals surface area contributed by atoms with Crippen molar-refractivity contribution in [3.8, 4) is 5.88 Å². The summed E-state index contributed by atoms with van der Waals surface area (Å²) in [4.78, 5) is 4.00. The predicted octanol–water partition coefficient (Wildman–Crippen LogP) is 3.22. The van der Waals surface area contributed by atoms with Gasteiger partial charge >= 0.3 is 0 Å². The summed E-state index contributed by atoms with van der Waals surface area (Å²) in [7, 11) is 0. The molecule has 2 aromatic rings. The topological polar surface area (TPSA) is 22.1 Å². The zero-order valence-corrected chi connectivity index (χ0v) is 9.57. The third-order valence-corrected chi connectivity index (χ3v) is 2.50. The van der Waals surface area contributed by atoms with E-state index in [0.717, 1.165) is 10.0 Å². The smallest absolute Gasteiger partial charge is 0.228 e. The summed E-state index contributed by atoms with van der Waals surface area (Å²) in [5.74, 6) is 0.571. The SMILES string of the molecule is Brc1cc[c]nc1OCc1ccccc1. The van der Waals surface area contributed by atoms with Crippen LogP contribution < -0.4 is 4.74 Å². The molecule has 75 valence electrons. The second-order valence-electron chi connectivity index (χ2n) is 3.00. The summed E-state index contributed by atoms with van der Waals surface area (Å²) in [6.45, 7) is 0.518. The fourth-order valence-corrected chi connectivity index (χ4v) is 1.49. The molecule has 0 amide bonds. The van der Waals surface area contributed by atoms with Crippen molar-refractivity contribution < 1.29 is 4.74 Å². The van der Waals surface area contributed by atoms with Gasteiger partial charge in [0.05, 0.1) is 10.7 Å². The van der Waals surface area contributed by atoms with Gasteiger partial charge in [-0.05, 0) is 33.6 Å². The summed E-state index contributed by atoms with van der Waals surface area (Å²) < 4.78 is 6.38. The molecule has 1 aromatic carbocycles. The fourth-order valence-electron chi connectivity index (χ4n) is 1.16. The minimum Gasteiger partial charge on any atom is -0.472 e. The van der Waals surface area contributed by atoms with Crippen molar-refractivity contribution in [1.82, 2.24) is 4.98 Å². The summed E-state index contributed by atoms with van der Waals surface area (Å²) in [6.07, 6.45) is 2.73. The number of nitrogens with zero attached hydrogens (tertiary/aromatic N) is 1. The molecule has 0 bridgehead atoms. The molecule has 0 unspecified atom stereocenters. The molecule has 1 radical (unpaired) electrons. The number of aromatic nitrogens is 1. The Bertz CT molecular complexity index is 431. The van der Waals surface area contributed by atoms with Crippen LogP contribution in [0.15, 0.2) is 46.9 Å². The second-order valence-corrected chi connectivity index (χ2v) is 3.86. The first-order valence-electron chi connectivity index (χ1n) is 4.55. The lowest BCUT2D eigenvalue weighted by molar-refractivity contribution is 0.291. The normalized spacial score (nSPS) is 9.93. The average Bonchev–Trinajstić information content (AvgIpc) is 2.29. The molecule has 0 saturated heterocycles. The van der Waals surface area contributed by atoms with Crippen molar-refractivity contribution >= 4 is 15.9 Å². The van der Waals surface area contributed by atoms with Gasteiger partial charge in [0.25, 0.3) is 0 Å². The van der Waals surface area contributed by atoms with E-state index in [1.807, 2.05) is 36.4 Å². The first-order valence-corrected chi connectivity index (χ1v) is 5.35. The van der Waals surface area contributed by atoms with Crippen molar-refractivity contribution in [2.75, 3.05) is 0 Å². The van der Waals surface area contributed by atoms with E-state index in [1.165, 1.54) is 0 Å². The van der Waals surface area contributed by atoms with E-state index in [-0.39, 0.29) is 0 Å². The van der Waals surface area contributed by atoms with Crippen LogP contribution in [-0.4, -0.2) is 4.98 Å². The first-order chi connectivity index (χ1) is 7.36. The van der Waals surface area contributed by atoms with Gasteiger partial charge in [-0.25, -0.2) is 4.98 Å². The molecule has 0 aliphatic heterocycles. The highest BCUT2D eigenvalue weighted by atomic mass is 79.9. The Morgan fingerprint density at radius 2 is 2.00 bits per heavy atom. The van der Waals surface area contributed by atoms with E-state index in [0.29, 0.717) is 12.5 Å². The van der Waals surface area contributed by atoms with Crippen LogP contribution in [0, 0.1) is 6.20 Å². The molecule has 0 saturated carbocycles. The maximum atomic E-state index is 5.53. The Balaban J connectivity index is 2.03. The molecule has 0 aliphatic carbocycles. The van der Waals surface area contributed by atoms with Crippen LogP contribution in [-0.2, 0) is 6.61 Å². The van der Waals surface area contributed by atoms with Gasteiger partial charge < -0.3 is 4.74 Å². The molecule has 15 heavy (non-hydrogen) atoms.